The smallest absolute Gasteiger partial charge is 0.363 e. The first-order valence-electron chi connectivity index (χ1n) is 14.0. The fraction of sp³-hybridized carbons (Fsp3) is 0.567. The maximum atomic E-state index is 14.5. The fourth-order valence-corrected chi connectivity index (χ4v) is 6.87. The third-order valence-corrected chi connectivity index (χ3v) is 9.26. The van der Waals surface area contributed by atoms with Gasteiger partial charge in [0.15, 0.2) is 0 Å². The summed E-state index contributed by atoms with van der Waals surface area (Å²) in [5.41, 5.74) is -0.308. The number of amides is 1. The lowest BCUT2D eigenvalue weighted by molar-refractivity contribution is -0.177. The molecular formula is C30H33F5N2O2. The molecule has 2 atom stereocenters. The molecule has 0 spiro atoms. The van der Waals surface area contributed by atoms with Crippen LogP contribution >= 0.6 is 0 Å². The predicted octanol–water partition coefficient (Wildman–Crippen LogP) is 6.08. The third-order valence-electron chi connectivity index (χ3n) is 9.26. The largest absolute Gasteiger partial charge is 0.416 e. The minimum atomic E-state index is -4.65. The van der Waals surface area contributed by atoms with E-state index in [9.17, 15) is 26.7 Å². The zero-order valence-electron chi connectivity index (χ0n) is 21.8. The summed E-state index contributed by atoms with van der Waals surface area (Å²) in [5.74, 6) is -0.722. The summed E-state index contributed by atoms with van der Waals surface area (Å²) in [5, 5.41) is 0. The molecule has 6 rings (SSSR count). The van der Waals surface area contributed by atoms with Gasteiger partial charge in [0.05, 0.1) is 12.2 Å². The number of ether oxygens (including phenoxy) is 1. The summed E-state index contributed by atoms with van der Waals surface area (Å²) < 4.78 is 74.1. The molecule has 1 unspecified atom stereocenters. The van der Waals surface area contributed by atoms with Crippen molar-refractivity contribution in [2.75, 3.05) is 26.2 Å². The highest BCUT2D eigenvalue weighted by molar-refractivity contribution is 5.86. The predicted molar refractivity (Wildman–Crippen MR) is 135 cm³/mol. The van der Waals surface area contributed by atoms with Crippen LogP contribution < -0.4 is 0 Å². The van der Waals surface area contributed by atoms with E-state index in [0.29, 0.717) is 25.0 Å². The fourth-order valence-electron chi connectivity index (χ4n) is 6.87. The Labute approximate surface area is 225 Å². The van der Waals surface area contributed by atoms with Crippen LogP contribution in [0.25, 0.3) is 0 Å². The van der Waals surface area contributed by atoms with E-state index >= 15 is 0 Å². The Morgan fingerprint density at radius 2 is 1.67 bits per heavy atom. The van der Waals surface area contributed by atoms with Crippen LogP contribution in [0.2, 0.25) is 0 Å². The van der Waals surface area contributed by atoms with Crippen LogP contribution in [-0.2, 0) is 28.7 Å². The van der Waals surface area contributed by atoms with Gasteiger partial charge in [0.25, 0.3) is 5.91 Å². The van der Waals surface area contributed by atoms with Gasteiger partial charge in [-0.3, -0.25) is 9.69 Å². The molecule has 3 fully saturated rings. The van der Waals surface area contributed by atoms with E-state index in [4.69, 9.17) is 4.74 Å². The zero-order chi connectivity index (χ0) is 27.4. The van der Waals surface area contributed by atoms with Gasteiger partial charge in [-0.25, -0.2) is 8.78 Å². The molecule has 4 nitrogen and oxygen atoms in total. The van der Waals surface area contributed by atoms with Crippen molar-refractivity contribution in [3.63, 3.8) is 0 Å². The highest BCUT2D eigenvalue weighted by Gasteiger charge is 2.56. The standard InChI is InChI=1S/C30H33F5N2O2/c31-24-5-1-19(2-6-24)20-8-12-36(13-9-20)25-7-11-29(39-18-25,22-3-4-22)28(38)37-14-10-26-21(17-37)15-23(16-27(26)32)30(33,34)35/h1-2,5-6,15-16,20,22,25H,3-4,7-14,17-18H2/t25?,29-/m0/s1. The number of carbonyl (C=O) groups is 1. The number of piperidine rings is 1. The Balaban J connectivity index is 1.10. The van der Waals surface area contributed by atoms with Gasteiger partial charge in [-0.15, -0.1) is 0 Å². The van der Waals surface area contributed by atoms with E-state index in [0.717, 1.165) is 51.3 Å². The molecule has 2 aromatic carbocycles. The van der Waals surface area contributed by atoms with E-state index in [1.54, 1.807) is 4.90 Å². The maximum absolute atomic E-state index is 14.5. The molecule has 0 N–H and O–H groups in total. The summed E-state index contributed by atoms with van der Waals surface area (Å²) >= 11 is 0. The van der Waals surface area contributed by atoms with Crippen molar-refractivity contribution in [1.82, 2.24) is 9.80 Å². The molecule has 2 aromatic rings. The van der Waals surface area contributed by atoms with E-state index in [-0.39, 0.29) is 54.3 Å². The van der Waals surface area contributed by atoms with Gasteiger partial charge in [-0.2, -0.15) is 13.2 Å². The molecule has 2 saturated heterocycles. The molecule has 0 aromatic heterocycles. The topological polar surface area (TPSA) is 32.8 Å². The van der Waals surface area contributed by atoms with Crippen LogP contribution in [0.3, 0.4) is 0 Å². The molecule has 0 bridgehead atoms. The van der Waals surface area contributed by atoms with Gasteiger partial charge in [-0.1, -0.05) is 12.1 Å². The van der Waals surface area contributed by atoms with Crippen molar-refractivity contribution in [1.29, 1.82) is 0 Å². The first-order valence-corrected chi connectivity index (χ1v) is 14.0. The van der Waals surface area contributed by atoms with E-state index in [2.05, 4.69) is 4.90 Å². The van der Waals surface area contributed by atoms with Crippen LogP contribution in [0.1, 0.15) is 66.7 Å². The van der Waals surface area contributed by atoms with Crippen molar-refractivity contribution in [2.24, 2.45) is 5.92 Å². The monoisotopic (exact) mass is 548 g/mol. The van der Waals surface area contributed by atoms with Crippen LogP contribution in [0.4, 0.5) is 22.0 Å². The SMILES string of the molecule is O=C(N1CCc2c(F)cc(C(F)(F)F)cc2C1)[C@@]1(C2CC2)CCC(N2CCC(c3ccc(F)cc3)CC2)CO1. The first-order chi connectivity index (χ1) is 18.6. The molecule has 1 aliphatic carbocycles. The summed E-state index contributed by atoms with van der Waals surface area (Å²) in [7, 11) is 0. The van der Waals surface area contributed by atoms with E-state index < -0.39 is 23.2 Å². The van der Waals surface area contributed by atoms with Crippen LogP contribution in [0.5, 0.6) is 0 Å². The number of carbonyl (C=O) groups excluding carboxylic acids is 1. The second kappa shape index (κ2) is 10.1. The van der Waals surface area contributed by atoms with Crippen molar-refractivity contribution in [3.05, 3.63) is 70.3 Å². The minimum absolute atomic E-state index is 0.0346. The van der Waals surface area contributed by atoms with Gasteiger partial charge < -0.3 is 9.64 Å². The highest BCUT2D eigenvalue weighted by Crippen LogP contribution is 2.49. The summed E-state index contributed by atoms with van der Waals surface area (Å²) in [6.07, 6.45) is 0.717. The van der Waals surface area contributed by atoms with Gasteiger partial charge in [-0.05, 0) is 111 Å². The average molecular weight is 549 g/mol. The first kappa shape index (κ1) is 26.7. The van der Waals surface area contributed by atoms with Crippen molar-refractivity contribution in [3.8, 4) is 0 Å². The Bertz CT molecular complexity index is 1210. The maximum Gasteiger partial charge on any atom is 0.416 e. The minimum Gasteiger partial charge on any atom is -0.363 e. The number of benzene rings is 2. The van der Waals surface area contributed by atoms with Gasteiger partial charge in [0.1, 0.15) is 17.2 Å². The van der Waals surface area contributed by atoms with E-state index in [1.807, 2.05) is 12.1 Å². The van der Waals surface area contributed by atoms with Gasteiger partial charge in [0.2, 0.25) is 0 Å². The van der Waals surface area contributed by atoms with Gasteiger partial charge >= 0.3 is 6.18 Å². The normalized spacial score (nSPS) is 26.9. The van der Waals surface area contributed by atoms with Crippen LogP contribution in [-0.4, -0.2) is 53.6 Å². The zero-order valence-corrected chi connectivity index (χ0v) is 21.8. The lowest BCUT2D eigenvalue weighted by Gasteiger charge is -2.46. The molecule has 210 valence electrons. The second-order valence-electron chi connectivity index (χ2n) is 11.6. The Hall–Kier alpha value is -2.52. The number of fused-ring (bicyclic) bond motifs is 1. The lowest BCUT2D eigenvalue weighted by atomic mass is 9.83. The molecule has 3 aliphatic heterocycles. The molecular weight excluding hydrogens is 515 g/mol. The molecule has 3 heterocycles. The molecule has 1 amide bonds. The average Bonchev–Trinajstić information content (AvgIpc) is 3.79. The number of hydrogen-bond acceptors (Lipinski definition) is 3. The van der Waals surface area contributed by atoms with Crippen LogP contribution in [0.15, 0.2) is 36.4 Å². The van der Waals surface area contributed by atoms with Crippen molar-refractivity contribution < 1.29 is 31.5 Å². The lowest BCUT2D eigenvalue weighted by Crippen LogP contribution is -2.58. The quantitative estimate of drug-likeness (QED) is 0.435. The molecule has 1 saturated carbocycles. The number of halogens is 5. The molecule has 0 radical (unpaired) electrons. The number of hydrogen-bond donors (Lipinski definition) is 0. The summed E-state index contributed by atoms with van der Waals surface area (Å²) in [6, 6.07) is 8.50. The van der Waals surface area contributed by atoms with Crippen molar-refractivity contribution >= 4 is 5.91 Å². The number of rotatable bonds is 4. The van der Waals surface area contributed by atoms with Crippen LogP contribution in [0, 0.1) is 17.6 Å². The van der Waals surface area contributed by atoms with Gasteiger partial charge in [0, 0.05) is 19.1 Å². The second-order valence-corrected chi connectivity index (χ2v) is 11.6. The summed E-state index contributed by atoms with van der Waals surface area (Å²) in [6.45, 7) is 2.51. The Morgan fingerprint density at radius 3 is 2.28 bits per heavy atom. The Kier molecular flexibility index (Phi) is 6.94. The molecule has 9 heteroatoms. The molecule has 39 heavy (non-hydrogen) atoms. The summed E-state index contributed by atoms with van der Waals surface area (Å²) in [4.78, 5) is 17.9. The number of nitrogens with zero attached hydrogens (tertiary/aromatic N) is 2. The van der Waals surface area contributed by atoms with Crippen molar-refractivity contribution in [2.45, 2.75) is 75.2 Å². The van der Waals surface area contributed by atoms with E-state index in [1.165, 1.54) is 17.7 Å². The highest BCUT2D eigenvalue weighted by atomic mass is 19.4. The molecule has 4 aliphatic rings. The number of likely N-dealkylation sites (tertiary alicyclic amines) is 1. The Morgan fingerprint density at radius 1 is 0.949 bits per heavy atom. The number of alkyl halides is 3. The third kappa shape index (κ3) is 5.20.